The van der Waals surface area contributed by atoms with Gasteiger partial charge < -0.3 is 25.4 Å². The minimum atomic E-state index is -0.549. The van der Waals surface area contributed by atoms with E-state index in [4.69, 9.17) is 15.2 Å². The van der Waals surface area contributed by atoms with Crippen molar-refractivity contribution in [3.8, 4) is 0 Å². The van der Waals surface area contributed by atoms with E-state index in [9.17, 15) is 14.4 Å². The summed E-state index contributed by atoms with van der Waals surface area (Å²) in [4.78, 5) is 37.2. The molecule has 2 fully saturated rings. The molecule has 0 radical (unpaired) electrons. The first-order chi connectivity index (χ1) is 11.4. The lowest BCUT2D eigenvalue weighted by molar-refractivity contribution is -0.138. The van der Waals surface area contributed by atoms with Crippen LogP contribution in [0.3, 0.4) is 0 Å². The third-order valence-electron chi connectivity index (χ3n) is 4.81. The Labute approximate surface area is 142 Å². The normalized spacial score (nSPS) is 27.7. The fraction of sp³-hybridized carbons (Fsp3) is 0.812. The highest BCUT2D eigenvalue weighted by atomic mass is 16.5. The van der Waals surface area contributed by atoms with Crippen LogP contribution in [0.25, 0.3) is 0 Å². The van der Waals surface area contributed by atoms with Crippen LogP contribution in [0.4, 0.5) is 0 Å². The molecule has 3 atom stereocenters. The first-order valence-electron chi connectivity index (χ1n) is 8.33. The number of carbonyl (C=O) groups excluding carboxylic acids is 3. The van der Waals surface area contributed by atoms with E-state index < -0.39 is 11.9 Å². The molecule has 2 aliphatic rings. The molecule has 1 aliphatic carbocycles. The molecule has 0 aromatic carbocycles. The average molecular weight is 341 g/mol. The summed E-state index contributed by atoms with van der Waals surface area (Å²) in [5, 5.41) is 2.61. The standard InChI is InChI=1S/C16H27N3O5/c1-16-8-11(15(17)22)19(12(16)9-16)14(21)10-18-13(20)4-3-5-24-7-6-23-2/h11-12H,3-10H2,1-2H3,(H2,17,22)(H,18,20). The molecule has 24 heavy (non-hydrogen) atoms. The predicted molar refractivity (Wildman–Crippen MR) is 85.9 cm³/mol. The molecule has 8 nitrogen and oxygen atoms in total. The van der Waals surface area contributed by atoms with Crippen molar-refractivity contribution < 1.29 is 23.9 Å². The number of amides is 3. The summed E-state index contributed by atoms with van der Waals surface area (Å²) < 4.78 is 10.1. The third-order valence-corrected chi connectivity index (χ3v) is 4.81. The maximum Gasteiger partial charge on any atom is 0.242 e. The number of hydrogen-bond acceptors (Lipinski definition) is 5. The monoisotopic (exact) mass is 341 g/mol. The van der Waals surface area contributed by atoms with Gasteiger partial charge in [0.1, 0.15) is 6.04 Å². The van der Waals surface area contributed by atoms with Crippen molar-refractivity contribution in [2.75, 3.05) is 33.5 Å². The molecule has 0 aromatic heterocycles. The van der Waals surface area contributed by atoms with Crippen molar-refractivity contribution in [2.24, 2.45) is 11.1 Å². The van der Waals surface area contributed by atoms with Gasteiger partial charge in [-0.25, -0.2) is 0 Å². The average Bonchev–Trinajstić information content (AvgIpc) is 3.09. The predicted octanol–water partition coefficient (Wildman–Crippen LogP) is -0.589. The van der Waals surface area contributed by atoms with Crippen LogP contribution in [-0.2, 0) is 23.9 Å². The van der Waals surface area contributed by atoms with Crippen molar-refractivity contribution in [3.05, 3.63) is 0 Å². The van der Waals surface area contributed by atoms with Crippen molar-refractivity contribution >= 4 is 17.7 Å². The number of hydrogen-bond donors (Lipinski definition) is 2. The van der Waals surface area contributed by atoms with Gasteiger partial charge >= 0.3 is 0 Å². The van der Waals surface area contributed by atoms with Gasteiger partial charge in [-0.15, -0.1) is 0 Å². The van der Waals surface area contributed by atoms with Gasteiger partial charge in [0.2, 0.25) is 17.7 Å². The molecule has 1 heterocycles. The van der Waals surface area contributed by atoms with Crippen molar-refractivity contribution in [1.82, 2.24) is 10.2 Å². The molecule has 3 amide bonds. The largest absolute Gasteiger partial charge is 0.382 e. The maximum absolute atomic E-state index is 12.4. The van der Waals surface area contributed by atoms with Crippen molar-refractivity contribution in [3.63, 3.8) is 0 Å². The van der Waals surface area contributed by atoms with Crippen LogP contribution in [-0.4, -0.2) is 68.2 Å². The Morgan fingerprint density at radius 3 is 2.67 bits per heavy atom. The summed E-state index contributed by atoms with van der Waals surface area (Å²) in [5.74, 6) is -0.918. The van der Waals surface area contributed by atoms with Crippen LogP contribution in [0.1, 0.15) is 32.6 Å². The zero-order valence-corrected chi connectivity index (χ0v) is 14.4. The molecule has 1 saturated carbocycles. The minimum Gasteiger partial charge on any atom is -0.382 e. The second kappa shape index (κ2) is 7.94. The Kier molecular flexibility index (Phi) is 6.17. The second-order valence-electron chi connectivity index (χ2n) is 6.78. The zero-order valence-electron chi connectivity index (χ0n) is 14.4. The first-order valence-corrected chi connectivity index (χ1v) is 8.33. The highest BCUT2D eigenvalue weighted by Gasteiger charge is 2.63. The number of carbonyl (C=O) groups is 3. The fourth-order valence-electron chi connectivity index (χ4n) is 3.31. The molecule has 8 heteroatoms. The Hall–Kier alpha value is -1.67. The van der Waals surface area contributed by atoms with Gasteiger partial charge in [-0.05, 0) is 24.7 Å². The number of ether oxygens (including phenoxy) is 2. The quantitative estimate of drug-likeness (QED) is 0.516. The lowest BCUT2D eigenvalue weighted by Crippen LogP contribution is -2.49. The number of methoxy groups -OCH3 is 1. The molecule has 1 saturated heterocycles. The van der Waals surface area contributed by atoms with Gasteiger partial charge in [0.25, 0.3) is 0 Å². The summed E-state index contributed by atoms with van der Waals surface area (Å²) in [6, 6.07) is -0.471. The Morgan fingerprint density at radius 2 is 2.00 bits per heavy atom. The van der Waals surface area contributed by atoms with Crippen molar-refractivity contribution in [1.29, 1.82) is 0 Å². The summed E-state index contributed by atoms with van der Waals surface area (Å²) in [7, 11) is 1.60. The smallest absolute Gasteiger partial charge is 0.242 e. The van der Waals surface area contributed by atoms with Gasteiger partial charge in [0, 0.05) is 26.2 Å². The number of primary amides is 1. The van der Waals surface area contributed by atoms with Gasteiger partial charge in [-0.3, -0.25) is 14.4 Å². The van der Waals surface area contributed by atoms with Crippen LogP contribution in [0, 0.1) is 5.41 Å². The molecule has 0 bridgehead atoms. The SMILES string of the molecule is COCCOCCCC(=O)NCC(=O)N1C(C(N)=O)CC2(C)CC12. The topological polar surface area (TPSA) is 111 Å². The molecule has 0 spiro atoms. The summed E-state index contributed by atoms with van der Waals surface area (Å²) in [6.07, 6.45) is 2.39. The van der Waals surface area contributed by atoms with E-state index in [-0.39, 0.29) is 29.8 Å². The molecule has 3 unspecified atom stereocenters. The van der Waals surface area contributed by atoms with Crippen LogP contribution >= 0.6 is 0 Å². The lowest BCUT2D eigenvalue weighted by atomic mass is 10.0. The number of fused-ring (bicyclic) bond motifs is 1. The number of nitrogens with zero attached hydrogens (tertiary/aromatic N) is 1. The van der Waals surface area contributed by atoms with Gasteiger partial charge in [0.15, 0.2) is 0 Å². The molecular formula is C16H27N3O5. The van der Waals surface area contributed by atoms with E-state index in [1.54, 1.807) is 12.0 Å². The van der Waals surface area contributed by atoms with E-state index >= 15 is 0 Å². The van der Waals surface area contributed by atoms with E-state index in [1.165, 1.54) is 0 Å². The number of nitrogens with one attached hydrogen (secondary N) is 1. The molecule has 0 aromatic rings. The van der Waals surface area contributed by atoms with Gasteiger partial charge in [-0.1, -0.05) is 6.92 Å². The fourth-order valence-corrected chi connectivity index (χ4v) is 3.31. The first kappa shape index (κ1) is 18.7. The third kappa shape index (κ3) is 4.45. The van der Waals surface area contributed by atoms with E-state index in [1.807, 2.05) is 0 Å². The lowest BCUT2D eigenvalue weighted by Gasteiger charge is -2.25. The number of likely N-dealkylation sites (tertiary alicyclic amines) is 1. The summed E-state index contributed by atoms with van der Waals surface area (Å²) in [6.45, 7) is 3.46. The minimum absolute atomic E-state index is 0.0128. The Bertz CT molecular complexity index is 498. The highest BCUT2D eigenvalue weighted by molar-refractivity contribution is 5.91. The van der Waals surface area contributed by atoms with E-state index in [0.29, 0.717) is 39.1 Å². The van der Waals surface area contributed by atoms with E-state index in [2.05, 4.69) is 12.2 Å². The van der Waals surface area contributed by atoms with Crippen LogP contribution in [0.2, 0.25) is 0 Å². The second-order valence-corrected chi connectivity index (χ2v) is 6.78. The molecule has 1 aliphatic heterocycles. The van der Waals surface area contributed by atoms with Crippen LogP contribution in [0.5, 0.6) is 0 Å². The maximum atomic E-state index is 12.4. The number of nitrogens with two attached hydrogens (primary N) is 1. The van der Waals surface area contributed by atoms with Crippen LogP contribution < -0.4 is 11.1 Å². The zero-order chi connectivity index (χ0) is 17.7. The van der Waals surface area contributed by atoms with Crippen LogP contribution in [0.15, 0.2) is 0 Å². The Balaban J connectivity index is 1.67. The number of rotatable bonds is 10. The summed E-state index contributed by atoms with van der Waals surface area (Å²) >= 11 is 0. The molecule has 2 rings (SSSR count). The van der Waals surface area contributed by atoms with Crippen molar-refractivity contribution in [2.45, 2.75) is 44.7 Å². The molecule has 136 valence electrons. The van der Waals surface area contributed by atoms with Gasteiger partial charge in [-0.2, -0.15) is 0 Å². The number of piperidine rings is 1. The summed E-state index contributed by atoms with van der Waals surface area (Å²) in [5.41, 5.74) is 5.41. The molecule has 3 N–H and O–H groups in total. The Morgan fingerprint density at radius 1 is 1.25 bits per heavy atom. The highest BCUT2D eigenvalue weighted by Crippen LogP contribution is 2.58. The molecular weight excluding hydrogens is 314 g/mol. The van der Waals surface area contributed by atoms with Gasteiger partial charge in [0.05, 0.1) is 19.8 Å². The van der Waals surface area contributed by atoms with E-state index in [0.717, 1.165) is 6.42 Å².